The first-order valence-electron chi connectivity index (χ1n) is 7.64. The highest BCUT2D eigenvalue weighted by Crippen LogP contribution is 2.38. The van der Waals surface area contributed by atoms with E-state index in [1.165, 1.54) is 12.1 Å². The quantitative estimate of drug-likeness (QED) is 0.320. The number of rotatable bonds is 4. The second kappa shape index (κ2) is 6.65. The van der Waals surface area contributed by atoms with E-state index >= 15 is 0 Å². The molecule has 2 heterocycles. The molecule has 0 spiro atoms. The van der Waals surface area contributed by atoms with Crippen LogP contribution in [-0.4, -0.2) is 80.0 Å². The molecule has 2 aliphatic heterocycles. The van der Waals surface area contributed by atoms with Gasteiger partial charge in [-0.1, -0.05) is 0 Å². The highest BCUT2D eigenvalue weighted by Gasteiger charge is 2.45. The van der Waals surface area contributed by atoms with E-state index in [0.29, 0.717) is 11.3 Å². The second-order valence-corrected chi connectivity index (χ2v) is 6.03. The van der Waals surface area contributed by atoms with Gasteiger partial charge in [0.15, 0.2) is 11.5 Å². The zero-order chi connectivity index (χ0) is 18.3. The highest BCUT2D eigenvalue weighted by atomic mass is 16.7. The minimum absolute atomic E-state index is 0.0871. The summed E-state index contributed by atoms with van der Waals surface area (Å²) in [5.41, 5.74) is 1.04. The molecule has 1 aromatic carbocycles. The van der Waals surface area contributed by atoms with Crippen LogP contribution in [0, 0.1) is 0 Å². The largest absolute Gasteiger partial charge is 0.504 e. The van der Waals surface area contributed by atoms with E-state index in [9.17, 15) is 25.2 Å². The summed E-state index contributed by atoms with van der Waals surface area (Å²) in [6, 6.07) is 1.87. The molecule has 0 unspecified atom stereocenters. The second-order valence-electron chi connectivity index (χ2n) is 6.03. The number of hydrogen-bond acceptors (Lipinski definition) is 9. The number of anilines is 1. The Labute approximate surface area is 141 Å². The monoisotopic (exact) mass is 357 g/mol. The van der Waals surface area contributed by atoms with Crippen molar-refractivity contribution in [3.05, 3.63) is 17.7 Å². The Morgan fingerprint density at radius 3 is 2.60 bits per heavy atom. The van der Waals surface area contributed by atoms with Gasteiger partial charge in [-0.2, -0.15) is 0 Å². The van der Waals surface area contributed by atoms with E-state index in [1.807, 2.05) is 0 Å². The van der Waals surface area contributed by atoms with Crippen LogP contribution in [0.3, 0.4) is 0 Å². The summed E-state index contributed by atoms with van der Waals surface area (Å²) in [4.78, 5) is 11.1. The molecule has 1 saturated heterocycles. The van der Waals surface area contributed by atoms with Gasteiger partial charge in [-0.3, -0.25) is 0 Å². The molecule has 0 aromatic heterocycles. The van der Waals surface area contributed by atoms with Gasteiger partial charge < -0.3 is 45.4 Å². The summed E-state index contributed by atoms with van der Waals surface area (Å²) in [6.45, 7) is -0.606. The van der Waals surface area contributed by atoms with Crippen molar-refractivity contribution in [3.63, 3.8) is 0 Å². The number of phenolic OH excluding ortho intramolecular Hbond substituents is 1. The zero-order valence-corrected chi connectivity index (χ0v) is 12.9. The van der Waals surface area contributed by atoms with Gasteiger partial charge in [0, 0.05) is 18.2 Å². The Kier molecular flexibility index (Phi) is 4.71. The predicted molar refractivity (Wildman–Crippen MR) is 81.3 cm³/mol. The van der Waals surface area contributed by atoms with Crippen LogP contribution in [0.5, 0.6) is 11.5 Å². The van der Waals surface area contributed by atoms with Crippen molar-refractivity contribution in [3.8, 4) is 11.5 Å². The molecule has 0 aliphatic carbocycles. The number of benzene rings is 1. The molecule has 10 heteroatoms. The van der Waals surface area contributed by atoms with Gasteiger partial charge in [0.1, 0.15) is 30.5 Å². The van der Waals surface area contributed by atoms with E-state index in [2.05, 4.69) is 5.32 Å². The minimum Gasteiger partial charge on any atom is -0.504 e. The lowest BCUT2D eigenvalue weighted by molar-refractivity contribution is -0.277. The number of aliphatic hydroxyl groups is 4. The first-order chi connectivity index (χ1) is 11.8. The Morgan fingerprint density at radius 1 is 1.24 bits per heavy atom. The molecule has 3 rings (SSSR count). The maximum Gasteiger partial charge on any atom is 0.326 e. The number of carboxylic acid groups (broad SMARTS) is 1. The van der Waals surface area contributed by atoms with Crippen molar-refractivity contribution in [2.24, 2.45) is 0 Å². The van der Waals surface area contributed by atoms with Gasteiger partial charge in [-0.25, -0.2) is 4.79 Å². The normalized spacial score (nSPS) is 34.2. The molecule has 1 fully saturated rings. The van der Waals surface area contributed by atoms with Crippen LogP contribution in [0.2, 0.25) is 0 Å². The molecule has 0 amide bonds. The smallest absolute Gasteiger partial charge is 0.326 e. The van der Waals surface area contributed by atoms with E-state index in [4.69, 9.17) is 19.7 Å². The summed E-state index contributed by atoms with van der Waals surface area (Å²) >= 11 is 0. The number of aromatic hydroxyl groups is 1. The predicted octanol–water partition coefficient (Wildman–Crippen LogP) is -2.01. The summed E-state index contributed by atoms with van der Waals surface area (Å²) in [6.07, 6.45) is -7.15. The fraction of sp³-hybridized carbons (Fsp3) is 0.533. The van der Waals surface area contributed by atoms with Gasteiger partial charge in [0.05, 0.1) is 6.61 Å². The van der Waals surface area contributed by atoms with Gasteiger partial charge in [0.2, 0.25) is 6.29 Å². The summed E-state index contributed by atoms with van der Waals surface area (Å²) in [7, 11) is 0. The minimum atomic E-state index is -1.62. The summed E-state index contributed by atoms with van der Waals surface area (Å²) in [5.74, 6) is -1.45. The van der Waals surface area contributed by atoms with Gasteiger partial charge in [-0.05, 0) is 11.6 Å². The van der Waals surface area contributed by atoms with Crippen molar-refractivity contribution < 1.29 is 44.9 Å². The molecule has 1 aromatic rings. The van der Waals surface area contributed by atoms with Gasteiger partial charge >= 0.3 is 5.97 Å². The number of aliphatic hydroxyl groups excluding tert-OH is 4. The van der Waals surface area contributed by atoms with Crippen molar-refractivity contribution in [1.29, 1.82) is 0 Å². The lowest BCUT2D eigenvalue weighted by Gasteiger charge is -2.39. The van der Waals surface area contributed by atoms with Crippen molar-refractivity contribution in [2.75, 3.05) is 11.9 Å². The molecular formula is C15H19NO9. The maximum atomic E-state index is 11.1. The topological polar surface area (TPSA) is 169 Å². The number of ether oxygens (including phenoxy) is 2. The molecule has 0 radical (unpaired) electrons. The molecular weight excluding hydrogens is 338 g/mol. The Balaban J connectivity index is 1.80. The van der Waals surface area contributed by atoms with Gasteiger partial charge in [-0.15, -0.1) is 0 Å². The highest BCUT2D eigenvalue weighted by molar-refractivity contribution is 5.82. The molecule has 0 saturated carbocycles. The number of aliphatic carboxylic acids is 1. The number of hydrogen-bond donors (Lipinski definition) is 7. The first-order valence-corrected chi connectivity index (χ1v) is 7.64. The number of nitrogens with one attached hydrogen (secondary N) is 1. The van der Waals surface area contributed by atoms with Crippen LogP contribution in [0.15, 0.2) is 12.1 Å². The molecule has 138 valence electrons. The van der Waals surface area contributed by atoms with Crippen molar-refractivity contribution in [1.82, 2.24) is 0 Å². The molecule has 0 bridgehead atoms. The van der Waals surface area contributed by atoms with E-state index < -0.39 is 49.3 Å². The average molecular weight is 357 g/mol. The number of carboxylic acids is 1. The number of phenols is 1. The van der Waals surface area contributed by atoms with Crippen LogP contribution >= 0.6 is 0 Å². The molecule has 6 atom stereocenters. The van der Waals surface area contributed by atoms with Crippen molar-refractivity contribution in [2.45, 2.75) is 43.2 Å². The number of carbonyl (C=O) groups is 1. The third-order valence-corrected chi connectivity index (χ3v) is 4.33. The maximum absolute atomic E-state index is 11.1. The summed E-state index contributed by atoms with van der Waals surface area (Å²) in [5, 5.41) is 60.5. The Morgan fingerprint density at radius 2 is 1.96 bits per heavy atom. The lowest BCUT2D eigenvalue weighted by atomic mass is 9.99. The van der Waals surface area contributed by atoms with E-state index in [1.54, 1.807) is 0 Å². The zero-order valence-electron chi connectivity index (χ0n) is 12.9. The van der Waals surface area contributed by atoms with Crippen LogP contribution in [0.4, 0.5) is 5.69 Å². The Bertz CT molecular complexity index is 665. The molecule has 2 aliphatic rings. The Hall–Kier alpha value is -2.11. The van der Waals surface area contributed by atoms with Crippen LogP contribution < -0.4 is 10.1 Å². The molecule has 25 heavy (non-hydrogen) atoms. The third kappa shape index (κ3) is 3.22. The number of fused-ring (bicyclic) bond motifs is 1. The first kappa shape index (κ1) is 17.7. The summed E-state index contributed by atoms with van der Waals surface area (Å²) < 4.78 is 10.6. The SMILES string of the molecule is O=C(O)[C@@H]1Cc2cc(O[C@@H]3O[C@H](CO)[C@@H](O)[C@H](O)[C@H]3O)c(O)cc2N1. The van der Waals surface area contributed by atoms with Gasteiger partial charge in [0.25, 0.3) is 0 Å². The van der Waals surface area contributed by atoms with Crippen LogP contribution in [-0.2, 0) is 16.0 Å². The third-order valence-electron chi connectivity index (χ3n) is 4.33. The van der Waals surface area contributed by atoms with E-state index in [0.717, 1.165) is 0 Å². The van der Waals surface area contributed by atoms with Crippen LogP contribution in [0.25, 0.3) is 0 Å². The van der Waals surface area contributed by atoms with Crippen molar-refractivity contribution >= 4 is 11.7 Å². The molecule has 7 N–H and O–H groups in total. The molecule has 10 nitrogen and oxygen atoms in total. The fourth-order valence-electron chi connectivity index (χ4n) is 2.91. The van der Waals surface area contributed by atoms with E-state index in [-0.39, 0.29) is 17.9 Å². The van der Waals surface area contributed by atoms with Crippen LogP contribution in [0.1, 0.15) is 5.56 Å². The standard InChI is InChI=1S/C15H19NO9/c17-4-10-11(19)12(20)13(21)15(25-10)24-9-2-5-1-7(14(22)23)16-6(5)3-8(9)18/h2-3,7,10-13,15-21H,1,4H2,(H,22,23)/t7-,10+,11+,12-,13+,15+/m0/s1. The fourth-order valence-corrected chi connectivity index (χ4v) is 2.91. The average Bonchev–Trinajstić information content (AvgIpc) is 2.98. The lowest BCUT2D eigenvalue weighted by Crippen LogP contribution is -2.60.